The lowest BCUT2D eigenvalue weighted by Gasteiger charge is -2.37. The Morgan fingerprint density at radius 1 is 1.25 bits per heavy atom. The van der Waals surface area contributed by atoms with Crippen LogP contribution < -0.4 is 0 Å². The van der Waals surface area contributed by atoms with Gasteiger partial charge in [0.25, 0.3) is 0 Å². The summed E-state index contributed by atoms with van der Waals surface area (Å²) >= 11 is 5.44. The summed E-state index contributed by atoms with van der Waals surface area (Å²) in [5.74, 6) is 1.01. The molecule has 1 aromatic rings. The summed E-state index contributed by atoms with van der Waals surface area (Å²) < 4.78 is 1.27. The smallest absolute Gasteiger partial charge is 0.0701 e. The van der Waals surface area contributed by atoms with Crippen LogP contribution in [-0.4, -0.2) is 17.5 Å². The maximum atomic E-state index is 3.55. The van der Waals surface area contributed by atoms with E-state index in [0.29, 0.717) is 0 Å². The predicted molar refractivity (Wildman–Crippen MR) is 72.8 cm³/mol. The van der Waals surface area contributed by atoms with Crippen molar-refractivity contribution in [2.75, 3.05) is 6.54 Å². The third kappa shape index (κ3) is 2.22. The molecule has 16 heavy (non-hydrogen) atoms. The third-order valence-corrected chi connectivity index (χ3v) is 5.70. The Balaban J connectivity index is 1.69. The molecule has 1 saturated heterocycles. The highest BCUT2D eigenvalue weighted by atomic mass is 79.9. The van der Waals surface area contributed by atoms with Crippen molar-refractivity contribution in [2.24, 2.45) is 5.92 Å². The summed E-state index contributed by atoms with van der Waals surface area (Å²) in [4.78, 5) is 4.25. The molecule has 2 atom stereocenters. The molecule has 1 aromatic heterocycles. The lowest BCUT2D eigenvalue weighted by atomic mass is 9.92. The second-order valence-corrected chi connectivity index (χ2v) is 7.62. The Morgan fingerprint density at radius 2 is 2.12 bits per heavy atom. The van der Waals surface area contributed by atoms with E-state index in [1.54, 1.807) is 0 Å². The Kier molecular flexibility index (Phi) is 3.37. The minimum Gasteiger partial charge on any atom is -0.295 e. The van der Waals surface area contributed by atoms with E-state index in [9.17, 15) is 0 Å². The monoisotopic (exact) mass is 299 g/mol. The van der Waals surface area contributed by atoms with Crippen LogP contribution in [0.2, 0.25) is 0 Å². The van der Waals surface area contributed by atoms with Gasteiger partial charge in [-0.2, -0.15) is 0 Å². The normalized spacial score (nSPS) is 30.6. The van der Waals surface area contributed by atoms with Crippen LogP contribution in [0.4, 0.5) is 0 Å². The van der Waals surface area contributed by atoms with Crippen molar-refractivity contribution in [3.8, 4) is 0 Å². The van der Waals surface area contributed by atoms with Gasteiger partial charge in [0.05, 0.1) is 3.79 Å². The van der Waals surface area contributed by atoms with E-state index >= 15 is 0 Å². The average Bonchev–Trinajstić information content (AvgIpc) is 2.87. The minimum atomic E-state index is 0.898. The van der Waals surface area contributed by atoms with Gasteiger partial charge in [-0.3, -0.25) is 4.90 Å². The lowest BCUT2D eigenvalue weighted by molar-refractivity contribution is 0.107. The summed E-state index contributed by atoms with van der Waals surface area (Å²) in [7, 11) is 0. The van der Waals surface area contributed by atoms with Gasteiger partial charge in [0.15, 0.2) is 0 Å². The number of fused-ring (bicyclic) bond motifs is 1. The standard InChI is InChI=1S/C13H18BrNS/c14-13-7-6-11(16-13)9-15-8-2-4-10-3-1-5-12(10)15/h6-7,10,12H,1-5,8-9H2. The van der Waals surface area contributed by atoms with Crippen LogP contribution in [0.25, 0.3) is 0 Å². The van der Waals surface area contributed by atoms with Gasteiger partial charge in [-0.25, -0.2) is 0 Å². The molecule has 1 saturated carbocycles. The first kappa shape index (κ1) is 11.2. The summed E-state index contributed by atoms with van der Waals surface area (Å²) in [6.07, 6.45) is 7.27. The Bertz CT molecular complexity index is 363. The predicted octanol–water partition coefficient (Wildman–Crippen LogP) is 4.28. The molecule has 1 aliphatic carbocycles. The van der Waals surface area contributed by atoms with Crippen LogP contribution in [0, 0.1) is 5.92 Å². The second kappa shape index (κ2) is 4.79. The zero-order chi connectivity index (χ0) is 11.0. The van der Waals surface area contributed by atoms with Crippen molar-refractivity contribution in [1.82, 2.24) is 4.90 Å². The van der Waals surface area contributed by atoms with Crippen molar-refractivity contribution >= 4 is 27.3 Å². The Hall–Kier alpha value is 0.140. The highest BCUT2D eigenvalue weighted by molar-refractivity contribution is 9.11. The van der Waals surface area contributed by atoms with E-state index in [-0.39, 0.29) is 0 Å². The van der Waals surface area contributed by atoms with E-state index in [1.807, 2.05) is 11.3 Å². The number of likely N-dealkylation sites (tertiary alicyclic amines) is 1. The van der Waals surface area contributed by atoms with Crippen molar-refractivity contribution in [2.45, 2.75) is 44.7 Å². The van der Waals surface area contributed by atoms with Gasteiger partial charge in [0, 0.05) is 17.5 Å². The number of hydrogen-bond donors (Lipinski definition) is 0. The highest BCUT2D eigenvalue weighted by Gasteiger charge is 2.34. The van der Waals surface area contributed by atoms with E-state index in [1.165, 1.54) is 53.9 Å². The SMILES string of the molecule is Brc1ccc(CN2CCCC3CCCC32)s1. The largest absolute Gasteiger partial charge is 0.295 e. The van der Waals surface area contributed by atoms with Crippen molar-refractivity contribution in [3.05, 3.63) is 20.8 Å². The first-order chi connectivity index (χ1) is 7.83. The maximum Gasteiger partial charge on any atom is 0.0701 e. The molecule has 2 fully saturated rings. The van der Waals surface area contributed by atoms with Gasteiger partial charge in [-0.1, -0.05) is 6.42 Å². The molecule has 0 radical (unpaired) electrons. The van der Waals surface area contributed by atoms with E-state index in [4.69, 9.17) is 0 Å². The molecule has 0 amide bonds. The minimum absolute atomic E-state index is 0.898. The van der Waals surface area contributed by atoms with Gasteiger partial charge in [-0.15, -0.1) is 11.3 Å². The highest BCUT2D eigenvalue weighted by Crippen LogP contribution is 2.38. The summed E-state index contributed by atoms with van der Waals surface area (Å²) in [5.41, 5.74) is 0. The lowest BCUT2D eigenvalue weighted by Crippen LogP contribution is -2.41. The van der Waals surface area contributed by atoms with Gasteiger partial charge >= 0.3 is 0 Å². The fourth-order valence-electron chi connectivity index (χ4n) is 3.39. The average molecular weight is 300 g/mol. The fraction of sp³-hybridized carbons (Fsp3) is 0.692. The Labute approximate surface area is 110 Å². The molecule has 0 aromatic carbocycles. The second-order valence-electron chi connectivity index (χ2n) is 5.08. The molecule has 0 N–H and O–H groups in total. The number of piperidine rings is 1. The fourth-order valence-corrected chi connectivity index (χ4v) is 4.90. The van der Waals surface area contributed by atoms with Crippen LogP contribution in [0.5, 0.6) is 0 Å². The van der Waals surface area contributed by atoms with Crippen LogP contribution in [0.1, 0.15) is 37.0 Å². The molecule has 2 unspecified atom stereocenters. The quantitative estimate of drug-likeness (QED) is 0.788. The van der Waals surface area contributed by atoms with Crippen LogP contribution in [0.3, 0.4) is 0 Å². The van der Waals surface area contributed by atoms with Crippen LogP contribution in [0.15, 0.2) is 15.9 Å². The maximum absolute atomic E-state index is 3.55. The van der Waals surface area contributed by atoms with Crippen molar-refractivity contribution < 1.29 is 0 Å². The summed E-state index contributed by atoms with van der Waals surface area (Å²) in [6, 6.07) is 5.35. The summed E-state index contributed by atoms with van der Waals surface area (Å²) in [6.45, 7) is 2.49. The first-order valence-corrected chi connectivity index (χ1v) is 7.92. The van der Waals surface area contributed by atoms with E-state index in [2.05, 4.69) is 33.0 Å². The molecule has 0 spiro atoms. The number of nitrogens with zero attached hydrogens (tertiary/aromatic N) is 1. The number of thiophene rings is 1. The molecule has 1 nitrogen and oxygen atoms in total. The molecule has 1 aliphatic heterocycles. The number of rotatable bonds is 2. The molecule has 0 bridgehead atoms. The molecular formula is C13H18BrNS. The molecule has 2 heterocycles. The molecule has 3 rings (SSSR count). The third-order valence-electron chi connectivity index (χ3n) is 4.10. The number of hydrogen-bond acceptors (Lipinski definition) is 2. The number of halogens is 1. The van der Waals surface area contributed by atoms with Crippen LogP contribution in [-0.2, 0) is 6.54 Å². The Morgan fingerprint density at radius 3 is 2.94 bits per heavy atom. The van der Waals surface area contributed by atoms with Crippen molar-refractivity contribution in [3.63, 3.8) is 0 Å². The topological polar surface area (TPSA) is 3.24 Å². The van der Waals surface area contributed by atoms with Gasteiger partial charge in [0.1, 0.15) is 0 Å². The van der Waals surface area contributed by atoms with Crippen molar-refractivity contribution in [1.29, 1.82) is 0 Å². The molecular weight excluding hydrogens is 282 g/mol. The zero-order valence-corrected chi connectivity index (χ0v) is 11.9. The molecule has 3 heteroatoms. The van der Waals surface area contributed by atoms with E-state index in [0.717, 1.165) is 12.0 Å². The van der Waals surface area contributed by atoms with Gasteiger partial charge < -0.3 is 0 Å². The first-order valence-electron chi connectivity index (χ1n) is 6.31. The van der Waals surface area contributed by atoms with E-state index < -0.39 is 0 Å². The molecule has 2 aliphatic rings. The molecule has 88 valence electrons. The summed E-state index contributed by atoms with van der Waals surface area (Å²) in [5, 5.41) is 0. The van der Waals surface area contributed by atoms with Crippen LogP contribution >= 0.6 is 27.3 Å². The zero-order valence-electron chi connectivity index (χ0n) is 9.49. The van der Waals surface area contributed by atoms with Gasteiger partial charge in [-0.05, 0) is 66.2 Å². The van der Waals surface area contributed by atoms with Gasteiger partial charge in [0.2, 0.25) is 0 Å².